The van der Waals surface area contributed by atoms with E-state index >= 15 is 0 Å². The minimum Gasteiger partial charge on any atom is -0.366 e. The number of hydrogen-bond donors (Lipinski definition) is 1. The van der Waals surface area contributed by atoms with E-state index in [0.29, 0.717) is 26.0 Å². The van der Waals surface area contributed by atoms with Gasteiger partial charge in [-0.1, -0.05) is 6.08 Å². The second-order valence-corrected chi connectivity index (χ2v) is 5.44. The monoisotopic (exact) mass is 274 g/mol. The molecule has 0 spiro atoms. The van der Waals surface area contributed by atoms with Crippen LogP contribution in [0.3, 0.4) is 0 Å². The number of hydrogen-bond acceptors (Lipinski definition) is 3. The van der Waals surface area contributed by atoms with Crippen molar-refractivity contribution in [3.8, 4) is 0 Å². The van der Waals surface area contributed by atoms with E-state index in [1.54, 1.807) is 6.08 Å². The number of ether oxygens (including phenoxy) is 1. The van der Waals surface area contributed by atoms with E-state index in [4.69, 9.17) is 4.74 Å². The van der Waals surface area contributed by atoms with Crippen molar-refractivity contribution in [2.75, 3.05) is 33.8 Å². The number of nitrogens with zero attached hydrogens (tertiary/aromatic N) is 1. The van der Waals surface area contributed by atoms with Crippen LogP contribution < -0.4 is 5.32 Å². The summed E-state index contributed by atoms with van der Waals surface area (Å²) >= 11 is 0. The summed E-state index contributed by atoms with van der Waals surface area (Å²) < 4.78 is 32.6. The molecule has 2 rings (SSSR count). The van der Waals surface area contributed by atoms with Crippen molar-refractivity contribution in [3.63, 3.8) is 0 Å². The van der Waals surface area contributed by atoms with Crippen molar-refractivity contribution >= 4 is 5.91 Å². The number of likely N-dealkylation sites (N-methyl/N-ethyl adjacent to an activating group) is 1. The van der Waals surface area contributed by atoms with Gasteiger partial charge in [0.15, 0.2) is 5.60 Å². The van der Waals surface area contributed by atoms with Gasteiger partial charge in [0.05, 0.1) is 12.5 Å². The Morgan fingerprint density at radius 2 is 2.26 bits per heavy atom. The molecule has 2 fully saturated rings. The predicted molar refractivity (Wildman–Crippen MR) is 67.1 cm³/mol. The molecule has 0 aromatic carbocycles. The minimum atomic E-state index is -2.80. The Hall–Kier alpha value is -1.01. The van der Waals surface area contributed by atoms with Crippen molar-refractivity contribution in [2.24, 2.45) is 5.92 Å². The molecule has 108 valence electrons. The first-order valence-electron chi connectivity index (χ1n) is 6.51. The first kappa shape index (κ1) is 14.4. The van der Waals surface area contributed by atoms with Crippen molar-refractivity contribution in [1.82, 2.24) is 10.2 Å². The molecule has 1 saturated carbocycles. The van der Waals surface area contributed by atoms with Crippen molar-refractivity contribution < 1.29 is 18.3 Å². The fourth-order valence-corrected chi connectivity index (χ4v) is 2.60. The van der Waals surface area contributed by atoms with Crippen LogP contribution in [0.15, 0.2) is 12.2 Å². The molecule has 0 bridgehead atoms. The van der Waals surface area contributed by atoms with Crippen LogP contribution in [-0.4, -0.2) is 56.1 Å². The van der Waals surface area contributed by atoms with Gasteiger partial charge in [0.2, 0.25) is 5.91 Å². The maximum Gasteiger partial charge on any atom is 0.284 e. The Morgan fingerprint density at radius 1 is 1.53 bits per heavy atom. The molecule has 1 N–H and O–H groups in total. The summed E-state index contributed by atoms with van der Waals surface area (Å²) in [4.78, 5) is 13.4. The number of carbonyl (C=O) groups is 1. The van der Waals surface area contributed by atoms with Crippen LogP contribution in [0.1, 0.15) is 12.8 Å². The second-order valence-electron chi connectivity index (χ2n) is 5.44. The molecule has 0 aromatic heterocycles. The fraction of sp³-hybridized carbons (Fsp3) is 0.769. The van der Waals surface area contributed by atoms with Gasteiger partial charge in [-0.25, -0.2) is 8.78 Å². The molecule has 1 aliphatic carbocycles. The van der Waals surface area contributed by atoms with E-state index in [9.17, 15) is 13.6 Å². The molecular weight excluding hydrogens is 254 g/mol. The molecule has 2 atom stereocenters. The third kappa shape index (κ3) is 2.65. The Morgan fingerprint density at radius 3 is 2.89 bits per heavy atom. The molecule has 1 amide bonds. The zero-order valence-corrected chi connectivity index (χ0v) is 11.3. The molecule has 6 heteroatoms. The minimum absolute atomic E-state index is 0.115. The Labute approximate surface area is 111 Å². The van der Waals surface area contributed by atoms with Crippen LogP contribution >= 0.6 is 0 Å². The molecule has 1 aliphatic heterocycles. The van der Waals surface area contributed by atoms with Gasteiger partial charge >= 0.3 is 0 Å². The van der Waals surface area contributed by atoms with Crippen LogP contribution in [0.25, 0.3) is 0 Å². The number of halogens is 2. The van der Waals surface area contributed by atoms with Crippen LogP contribution in [0.5, 0.6) is 0 Å². The van der Waals surface area contributed by atoms with Crippen molar-refractivity contribution in [2.45, 2.75) is 24.4 Å². The van der Waals surface area contributed by atoms with Crippen LogP contribution in [0.2, 0.25) is 0 Å². The predicted octanol–water partition coefficient (Wildman–Crippen LogP) is 1.03. The first-order valence-corrected chi connectivity index (χ1v) is 6.51. The van der Waals surface area contributed by atoms with Gasteiger partial charge in [-0.3, -0.25) is 4.79 Å². The molecule has 1 saturated heterocycles. The second kappa shape index (κ2) is 5.17. The quantitative estimate of drug-likeness (QED) is 0.762. The summed E-state index contributed by atoms with van der Waals surface area (Å²) in [6.07, 6.45) is 4.20. The fourth-order valence-electron chi connectivity index (χ4n) is 2.60. The average Bonchev–Trinajstić information content (AvgIpc) is 2.84. The molecule has 2 aliphatic rings. The zero-order valence-electron chi connectivity index (χ0n) is 11.3. The lowest BCUT2D eigenvalue weighted by Gasteiger charge is -2.21. The Bertz CT molecular complexity index is 385. The van der Waals surface area contributed by atoms with Gasteiger partial charge in [0.25, 0.3) is 5.92 Å². The summed E-state index contributed by atoms with van der Waals surface area (Å²) in [7, 11) is 3.76. The summed E-state index contributed by atoms with van der Waals surface area (Å²) in [5.41, 5.74) is -1.45. The number of nitrogens with one attached hydrogen (secondary N) is 1. The van der Waals surface area contributed by atoms with Gasteiger partial charge in [0.1, 0.15) is 0 Å². The summed E-state index contributed by atoms with van der Waals surface area (Å²) in [6.45, 7) is 0.863. The smallest absolute Gasteiger partial charge is 0.284 e. The lowest BCUT2D eigenvalue weighted by Crippen LogP contribution is -2.40. The highest BCUT2D eigenvalue weighted by atomic mass is 19.3. The normalized spacial score (nSPS) is 32.4. The van der Waals surface area contributed by atoms with E-state index in [1.165, 1.54) is 6.08 Å². The molecule has 0 aromatic rings. The van der Waals surface area contributed by atoms with Crippen molar-refractivity contribution in [3.05, 3.63) is 12.2 Å². The number of alkyl halides is 2. The standard InChI is InChI=1S/C13H20F2N2O2/c1-17(2)7-3-6-11(18)16-9-12-10(13(12,14)15)5-4-8-19-12/h3,6,10H,4-5,7-9H2,1-2H3,(H,16,18)/b6-3+/t10-,12+/m1/s1. The van der Waals surface area contributed by atoms with Crippen LogP contribution in [0.4, 0.5) is 8.78 Å². The first-order chi connectivity index (χ1) is 8.90. The SMILES string of the molecule is CN(C)C/C=C/C(=O)NC[C@]12OCCC[C@H]1C2(F)F. The summed E-state index contributed by atoms with van der Waals surface area (Å²) in [5.74, 6) is -3.89. The Kier molecular flexibility index (Phi) is 3.92. The van der Waals surface area contributed by atoms with Crippen LogP contribution in [-0.2, 0) is 9.53 Å². The number of rotatable bonds is 5. The van der Waals surface area contributed by atoms with E-state index in [-0.39, 0.29) is 12.5 Å². The van der Waals surface area contributed by atoms with Gasteiger partial charge in [-0.2, -0.15) is 0 Å². The van der Waals surface area contributed by atoms with Gasteiger partial charge in [-0.05, 0) is 26.9 Å². The third-order valence-electron chi connectivity index (χ3n) is 3.74. The van der Waals surface area contributed by atoms with E-state index in [2.05, 4.69) is 5.32 Å². The van der Waals surface area contributed by atoms with Crippen molar-refractivity contribution in [1.29, 1.82) is 0 Å². The van der Waals surface area contributed by atoms with Gasteiger partial charge in [-0.15, -0.1) is 0 Å². The molecule has 4 nitrogen and oxygen atoms in total. The van der Waals surface area contributed by atoms with Crippen LogP contribution in [0, 0.1) is 5.92 Å². The number of fused-ring (bicyclic) bond motifs is 1. The summed E-state index contributed by atoms with van der Waals surface area (Å²) in [5, 5.41) is 2.51. The number of amides is 1. The molecular formula is C13H20F2N2O2. The maximum atomic E-state index is 13.7. The Balaban J connectivity index is 1.82. The molecule has 19 heavy (non-hydrogen) atoms. The number of carbonyl (C=O) groups excluding carboxylic acids is 1. The van der Waals surface area contributed by atoms with Gasteiger partial charge < -0.3 is 15.0 Å². The third-order valence-corrected chi connectivity index (χ3v) is 3.74. The highest BCUT2D eigenvalue weighted by Crippen LogP contribution is 2.64. The lowest BCUT2D eigenvalue weighted by atomic mass is 10.1. The van der Waals surface area contributed by atoms with E-state index in [0.717, 1.165) is 0 Å². The highest BCUT2D eigenvalue weighted by Gasteiger charge is 2.82. The van der Waals surface area contributed by atoms with E-state index in [1.807, 2.05) is 19.0 Å². The zero-order chi connectivity index (χ0) is 14.1. The highest BCUT2D eigenvalue weighted by molar-refractivity contribution is 5.87. The molecule has 1 heterocycles. The maximum absolute atomic E-state index is 13.7. The average molecular weight is 274 g/mol. The molecule has 0 unspecified atom stereocenters. The van der Waals surface area contributed by atoms with E-state index < -0.39 is 17.4 Å². The van der Waals surface area contributed by atoms with Gasteiger partial charge in [0, 0.05) is 19.2 Å². The molecule has 0 radical (unpaired) electrons. The topological polar surface area (TPSA) is 41.6 Å². The largest absolute Gasteiger partial charge is 0.366 e. The summed E-state index contributed by atoms with van der Waals surface area (Å²) in [6, 6.07) is 0. The lowest BCUT2D eigenvalue weighted by molar-refractivity contribution is -0.118.